The van der Waals surface area contributed by atoms with Crippen LogP contribution < -0.4 is 0 Å². The number of aliphatic hydroxyl groups is 1. The van der Waals surface area contributed by atoms with Gasteiger partial charge in [0.15, 0.2) is 0 Å². The molecule has 20 heavy (non-hydrogen) atoms. The van der Waals surface area contributed by atoms with Gasteiger partial charge in [0.25, 0.3) is 0 Å². The van der Waals surface area contributed by atoms with E-state index in [2.05, 4.69) is 31.1 Å². The third kappa shape index (κ3) is 3.76. The normalized spacial score (nSPS) is 11.1. The lowest BCUT2D eigenvalue weighted by Gasteiger charge is -2.15. The Morgan fingerprint density at radius 2 is 1.75 bits per heavy atom. The van der Waals surface area contributed by atoms with E-state index in [1.807, 2.05) is 30.3 Å². The molecule has 0 heterocycles. The Labute approximate surface area is 129 Å². The van der Waals surface area contributed by atoms with E-state index in [-0.39, 0.29) is 6.61 Å². The Bertz CT molecular complexity index is 586. The molecule has 0 unspecified atom stereocenters. The van der Waals surface area contributed by atoms with E-state index in [1.165, 1.54) is 10.5 Å². The summed E-state index contributed by atoms with van der Waals surface area (Å²) in [4.78, 5) is 4.24. The van der Waals surface area contributed by atoms with Crippen molar-refractivity contribution in [3.8, 4) is 0 Å². The van der Waals surface area contributed by atoms with Gasteiger partial charge in [0.2, 0.25) is 0 Å². The van der Waals surface area contributed by atoms with Gasteiger partial charge < -0.3 is 10.0 Å². The molecule has 0 amide bonds. The van der Waals surface area contributed by atoms with Gasteiger partial charge in [-0.05, 0) is 37.4 Å². The molecule has 0 aliphatic rings. The Hall–Kier alpha value is -1.00. The van der Waals surface area contributed by atoms with Gasteiger partial charge in [0.1, 0.15) is 0 Å². The molecule has 0 fully saturated rings. The zero-order chi connectivity index (χ0) is 14.5. The highest BCUT2D eigenvalue weighted by molar-refractivity contribution is 7.99. The van der Waals surface area contributed by atoms with Gasteiger partial charge in [-0.25, -0.2) is 0 Å². The predicted molar refractivity (Wildman–Crippen MR) is 85.3 cm³/mol. The summed E-state index contributed by atoms with van der Waals surface area (Å²) in [7, 11) is 4.10. The van der Waals surface area contributed by atoms with E-state index >= 15 is 0 Å². The van der Waals surface area contributed by atoms with Crippen LogP contribution in [0.15, 0.2) is 52.3 Å². The van der Waals surface area contributed by atoms with Gasteiger partial charge in [-0.2, -0.15) is 0 Å². The molecule has 2 nitrogen and oxygen atoms in total. The van der Waals surface area contributed by atoms with E-state index in [0.717, 1.165) is 17.0 Å². The highest BCUT2D eigenvalue weighted by atomic mass is 35.5. The summed E-state index contributed by atoms with van der Waals surface area (Å²) >= 11 is 7.89. The second-order valence-corrected chi connectivity index (χ2v) is 6.29. The van der Waals surface area contributed by atoms with E-state index in [4.69, 9.17) is 11.6 Å². The van der Waals surface area contributed by atoms with Gasteiger partial charge in [-0.1, -0.05) is 53.7 Å². The Morgan fingerprint density at radius 3 is 2.45 bits per heavy atom. The largest absolute Gasteiger partial charge is 0.392 e. The summed E-state index contributed by atoms with van der Waals surface area (Å²) in [5.74, 6) is 0. The number of nitrogens with zero attached hydrogens (tertiary/aromatic N) is 1. The highest BCUT2D eigenvalue weighted by Gasteiger charge is 2.11. The molecular weight excluding hydrogens is 290 g/mol. The maximum Gasteiger partial charge on any atom is 0.0693 e. The molecule has 2 aromatic carbocycles. The molecule has 1 N–H and O–H groups in total. The zero-order valence-corrected chi connectivity index (χ0v) is 13.2. The van der Waals surface area contributed by atoms with Crippen molar-refractivity contribution in [1.82, 2.24) is 4.90 Å². The summed E-state index contributed by atoms with van der Waals surface area (Å²) in [6.45, 7) is 0.876. The number of rotatable bonds is 5. The van der Waals surface area contributed by atoms with Crippen LogP contribution >= 0.6 is 23.4 Å². The van der Waals surface area contributed by atoms with E-state index < -0.39 is 0 Å². The third-order valence-electron chi connectivity index (χ3n) is 2.89. The van der Waals surface area contributed by atoms with Crippen LogP contribution in [-0.4, -0.2) is 24.1 Å². The molecule has 0 saturated carbocycles. The van der Waals surface area contributed by atoms with Crippen molar-refractivity contribution in [2.75, 3.05) is 14.1 Å². The SMILES string of the molecule is CN(C)Cc1ccccc1Sc1c(Cl)cccc1CO. The van der Waals surface area contributed by atoms with Crippen LogP contribution in [0.1, 0.15) is 11.1 Å². The smallest absolute Gasteiger partial charge is 0.0693 e. The Balaban J connectivity index is 2.35. The second kappa shape index (κ2) is 7.14. The summed E-state index contributed by atoms with van der Waals surface area (Å²) < 4.78 is 0. The highest BCUT2D eigenvalue weighted by Crippen LogP contribution is 2.37. The average Bonchev–Trinajstić information content (AvgIpc) is 2.42. The maximum atomic E-state index is 9.46. The molecule has 0 saturated heterocycles. The van der Waals surface area contributed by atoms with Gasteiger partial charge in [-0.3, -0.25) is 0 Å². The second-order valence-electron chi connectivity index (χ2n) is 4.83. The lowest BCUT2D eigenvalue weighted by Crippen LogP contribution is -2.11. The van der Waals surface area contributed by atoms with Gasteiger partial charge in [0, 0.05) is 16.3 Å². The summed E-state index contributed by atoms with van der Waals surface area (Å²) in [5, 5.41) is 10.1. The van der Waals surface area contributed by atoms with Gasteiger partial charge in [0.05, 0.1) is 11.6 Å². The lowest BCUT2D eigenvalue weighted by molar-refractivity contribution is 0.279. The number of halogens is 1. The van der Waals surface area contributed by atoms with Crippen molar-refractivity contribution < 1.29 is 5.11 Å². The van der Waals surface area contributed by atoms with Crippen LogP contribution in [0.25, 0.3) is 0 Å². The molecule has 0 aliphatic carbocycles. The summed E-state index contributed by atoms with van der Waals surface area (Å²) in [5.41, 5.74) is 2.12. The molecule has 106 valence electrons. The molecule has 0 bridgehead atoms. The minimum atomic E-state index is -0.00125. The Morgan fingerprint density at radius 1 is 1.05 bits per heavy atom. The number of benzene rings is 2. The van der Waals surface area contributed by atoms with Gasteiger partial charge in [-0.15, -0.1) is 0 Å². The fourth-order valence-corrected chi connectivity index (χ4v) is 3.35. The topological polar surface area (TPSA) is 23.5 Å². The van der Waals surface area contributed by atoms with E-state index in [9.17, 15) is 5.11 Å². The first-order chi connectivity index (χ1) is 9.61. The first-order valence-corrected chi connectivity index (χ1v) is 7.60. The van der Waals surface area contributed by atoms with Crippen LogP contribution in [0, 0.1) is 0 Å². The molecule has 0 aliphatic heterocycles. The summed E-state index contributed by atoms with van der Waals surface area (Å²) in [6.07, 6.45) is 0. The maximum absolute atomic E-state index is 9.46. The monoisotopic (exact) mass is 307 g/mol. The van der Waals surface area contributed by atoms with Crippen molar-refractivity contribution >= 4 is 23.4 Å². The molecule has 4 heteroatoms. The zero-order valence-electron chi connectivity index (χ0n) is 11.6. The lowest BCUT2D eigenvalue weighted by atomic mass is 10.2. The minimum absolute atomic E-state index is 0.00125. The summed E-state index contributed by atoms with van der Waals surface area (Å²) in [6, 6.07) is 13.9. The molecular formula is C16H18ClNOS. The molecule has 0 aromatic heterocycles. The fourth-order valence-electron chi connectivity index (χ4n) is 1.98. The number of hydrogen-bond donors (Lipinski definition) is 1. The van der Waals surface area contributed by atoms with Crippen LogP contribution in [0.3, 0.4) is 0 Å². The van der Waals surface area contributed by atoms with Crippen LogP contribution in [-0.2, 0) is 13.2 Å². The number of hydrogen-bond acceptors (Lipinski definition) is 3. The molecule has 2 rings (SSSR count). The first kappa shape index (κ1) is 15.4. The standard InChI is InChI=1S/C16H18ClNOS/c1-18(2)10-12-6-3-4-9-15(12)20-16-13(11-19)7-5-8-14(16)17/h3-9,19H,10-11H2,1-2H3. The van der Waals surface area contributed by atoms with Crippen LogP contribution in [0.5, 0.6) is 0 Å². The minimum Gasteiger partial charge on any atom is -0.392 e. The third-order valence-corrected chi connectivity index (χ3v) is 4.62. The molecule has 0 radical (unpaired) electrons. The van der Waals surface area contributed by atoms with Crippen LogP contribution in [0.4, 0.5) is 0 Å². The Kier molecular flexibility index (Phi) is 5.49. The van der Waals surface area contributed by atoms with Gasteiger partial charge >= 0.3 is 0 Å². The predicted octanol–water partition coefficient (Wildman–Crippen LogP) is 4.05. The molecule has 0 spiro atoms. The fraction of sp³-hybridized carbons (Fsp3) is 0.250. The molecule has 2 aromatic rings. The van der Waals surface area contributed by atoms with E-state index in [0.29, 0.717) is 5.02 Å². The molecule has 0 atom stereocenters. The average molecular weight is 308 g/mol. The van der Waals surface area contributed by atoms with Crippen molar-refractivity contribution in [2.24, 2.45) is 0 Å². The van der Waals surface area contributed by atoms with Crippen molar-refractivity contribution in [3.05, 3.63) is 58.6 Å². The quantitative estimate of drug-likeness (QED) is 0.901. The number of aliphatic hydroxyl groups excluding tert-OH is 1. The first-order valence-electron chi connectivity index (χ1n) is 6.40. The van der Waals surface area contributed by atoms with Crippen molar-refractivity contribution in [3.63, 3.8) is 0 Å². The van der Waals surface area contributed by atoms with Crippen molar-refractivity contribution in [2.45, 2.75) is 22.9 Å². The van der Waals surface area contributed by atoms with Crippen LogP contribution in [0.2, 0.25) is 5.02 Å². The van der Waals surface area contributed by atoms with E-state index in [1.54, 1.807) is 11.8 Å². The van der Waals surface area contributed by atoms with Crippen molar-refractivity contribution in [1.29, 1.82) is 0 Å².